The molecule has 0 bridgehead atoms. The Balaban J connectivity index is 1.47. The lowest BCUT2D eigenvalue weighted by Gasteiger charge is -1.99. The maximum Gasteiger partial charge on any atom is 0.184 e. The number of hydrogen-bond acceptors (Lipinski definition) is 4. The summed E-state index contributed by atoms with van der Waals surface area (Å²) in [5, 5.41) is 16.9. The maximum absolute atomic E-state index is 14.7. The Hall–Kier alpha value is -3.65. The predicted molar refractivity (Wildman–Crippen MR) is 114 cm³/mol. The van der Waals surface area contributed by atoms with Crippen LogP contribution in [0.25, 0.3) is 34.4 Å². The highest BCUT2D eigenvalue weighted by Gasteiger charge is 2.15. The zero-order chi connectivity index (χ0) is 20.5. The molecular weight excluding hydrogens is 404 g/mol. The van der Waals surface area contributed by atoms with Gasteiger partial charge in [0.15, 0.2) is 5.82 Å². The molecule has 5 aromatic rings. The standard InChI is InChI=1S/C22H15F2N5S/c23-14-6-3-13(4-7-14)5-8-19-17-11-16(18(24)12-20(17)27-26-19)22-25-21(28-29-22)10-15-2-1-9-30-15/h1-9,11-12H,10H2,(H,26,27)(H,25,28,29). The zero-order valence-electron chi connectivity index (χ0n) is 15.6. The molecule has 0 radical (unpaired) electrons. The van der Waals surface area contributed by atoms with Gasteiger partial charge in [-0.3, -0.25) is 10.2 Å². The first-order valence-corrected chi connectivity index (χ1v) is 10.1. The van der Waals surface area contributed by atoms with E-state index in [1.807, 2.05) is 23.6 Å². The molecule has 0 unspecified atom stereocenters. The van der Waals surface area contributed by atoms with Gasteiger partial charge in [-0.25, -0.2) is 13.8 Å². The molecule has 0 aliphatic carbocycles. The summed E-state index contributed by atoms with van der Waals surface area (Å²) in [7, 11) is 0. The van der Waals surface area contributed by atoms with E-state index in [-0.39, 0.29) is 5.82 Å². The van der Waals surface area contributed by atoms with Crippen molar-refractivity contribution in [3.05, 3.63) is 87.5 Å². The molecule has 5 nitrogen and oxygen atoms in total. The lowest BCUT2D eigenvalue weighted by Crippen LogP contribution is -1.89. The first kappa shape index (κ1) is 18.4. The largest absolute Gasteiger partial charge is 0.277 e. The van der Waals surface area contributed by atoms with E-state index in [0.717, 1.165) is 15.8 Å². The highest BCUT2D eigenvalue weighted by Crippen LogP contribution is 2.27. The molecule has 0 aliphatic heterocycles. The Morgan fingerprint density at radius 3 is 2.63 bits per heavy atom. The second-order valence-electron chi connectivity index (χ2n) is 6.73. The van der Waals surface area contributed by atoms with Crippen LogP contribution in [0.4, 0.5) is 8.78 Å². The topological polar surface area (TPSA) is 70.2 Å². The fourth-order valence-corrected chi connectivity index (χ4v) is 3.89. The number of nitrogens with one attached hydrogen (secondary N) is 2. The molecule has 0 amide bonds. The Morgan fingerprint density at radius 1 is 0.967 bits per heavy atom. The second kappa shape index (κ2) is 7.64. The summed E-state index contributed by atoms with van der Waals surface area (Å²) in [4.78, 5) is 5.60. The van der Waals surface area contributed by atoms with Gasteiger partial charge in [-0.1, -0.05) is 24.3 Å². The lowest BCUT2D eigenvalue weighted by molar-refractivity contribution is 0.627. The van der Waals surface area contributed by atoms with Crippen LogP contribution < -0.4 is 0 Å². The van der Waals surface area contributed by atoms with Crippen molar-refractivity contribution in [1.29, 1.82) is 0 Å². The number of halogens is 2. The SMILES string of the molecule is Fc1ccc(C=Cc2n[nH]c3cc(F)c(-c4n[nH]c(Cc5cccs5)n4)cc23)cc1. The fourth-order valence-electron chi connectivity index (χ4n) is 3.18. The van der Waals surface area contributed by atoms with Crippen molar-refractivity contribution in [3.8, 4) is 11.4 Å². The van der Waals surface area contributed by atoms with Crippen molar-refractivity contribution in [2.24, 2.45) is 0 Å². The molecule has 0 spiro atoms. The smallest absolute Gasteiger partial charge is 0.184 e. The highest BCUT2D eigenvalue weighted by atomic mass is 32.1. The third-order valence-electron chi connectivity index (χ3n) is 4.68. The summed E-state index contributed by atoms with van der Waals surface area (Å²) in [6.45, 7) is 0. The minimum Gasteiger partial charge on any atom is -0.277 e. The molecule has 0 saturated carbocycles. The lowest BCUT2D eigenvalue weighted by atomic mass is 10.1. The van der Waals surface area contributed by atoms with E-state index < -0.39 is 5.82 Å². The van der Waals surface area contributed by atoms with Crippen molar-refractivity contribution in [2.45, 2.75) is 6.42 Å². The molecule has 5 rings (SSSR count). The van der Waals surface area contributed by atoms with E-state index in [9.17, 15) is 8.78 Å². The van der Waals surface area contributed by atoms with E-state index in [1.54, 1.807) is 35.6 Å². The predicted octanol–water partition coefficient (Wildman–Crippen LogP) is 5.45. The third kappa shape index (κ3) is 3.65. The minimum atomic E-state index is -0.429. The summed E-state index contributed by atoms with van der Waals surface area (Å²) in [6.07, 6.45) is 4.24. The first-order valence-electron chi connectivity index (χ1n) is 9.21. The molecule has 2 aromatic carbocycles. The zero-order valence-corrected chi connectivity index (χ0v) is 16.4. The van der Waals surface area contributed by atoms with Crippen LogP contribution in [-0.2, 0) is 6.42 Å². The molecule has 0 fully saturated rings. The van der Waals surface area contributed by atoms with Crippen LogP contribution in [0.2, 0.25) is 0 Å². The van der Waals surface area contributed by atoms with Gasteiger partial charge in [-0.15, -0.1) is 11.3 Å². The maximum atomic E-state index is 14.7. The van der Waals surface area contributed by atoms with Gasteiger partial charge in [0.1, 0.15) is 17.5 Å². The molecule has 148 valence electrons. The van der Waals surface area contributed by atoms with Crippen LogP contribution in [0.5, 0.6) is 0 Å². The van der Waals surface area contributed by atoms with Gasteiger partial charge < -0.3 is 0 Å². The molecule has 2 N–H and O–H groups in total. The van der Waals surface area contributed by atoms with E-state index in [0.29, 0.717) is 34.8 Å². The summed E-state index contributed by atoms with van der Waals surface area (Å²) in [6, 6.07) is 13.2. The fraction of sp³-hybridized carbons (Fsp3) is 0.0455. The highest BCUT2D eigenvalue weighted by molar-refractivity contribution is 7.09. The average molecular weight is 419 g/mol. The van der Waals surface area contributed by atoms with Crippen molar-refractivity contribution in [3.63, 3.8) is 0 Å². The second-order valence-corrected chi connectivity index (χ2v) is 7.77. The Labute approximate surface area is 174 Å². The molecule has 0 atom stereocenters. The molecule has 0 aliphatic rings. The molecule has 8 heteroatoms. The number of aromatic nitrogens is 5. The number of hydrogen-bond donors (Lipinski definition) is 2. The number of nitrogens with zero attached hydrogens (tertiary/aromatic N) is 3. The van der Waals surface area contributed by atoms with Crippen molar-refractivity contribution in [1.82, 2.24) is 25.4 Å². The Kier molecular flexibility index (Phi) is 4.68. The van der Waals surface area contributed by atoms with Crippen LogP contribution in [-0.4, -0.2) is 25.4 Å². The van der Waals surface area contributed by atoms with Crippen LogP contribution in [0.15, 0.2) is 53.9 Å². The summed E-state index contributed by atoms with van der Waals surface area (Å²) in [5.74, 6) is 0.260. The summed E-state index contributed by atoms with van der Waals surface area (Å²) < 4.78 is 27.8. The van der Waals surface area contributed by atoms with Crippen molar-refractivity contribution < 1.29 is 8.78 Å². The van der Waals surface area contributed by atoms with Crippen LogP contribution in [0.1, 0.15) is 22.0 Å². The van der Waals surface area contributed by atoms with Gasteiger partial charge >= 0.3 is 0 Å². The van der Waals surface area contributed by atoms with E-state index >= 15 is 0 Å². The Bertz CT molecular complexity index is 1330. The van der Waals surface area contributed by atoms with E-state index in [2.05, 4.69) is 25.4 Å². The normalized spacial score (nSPS) is 11.7. The van der Waals surface area contributed by atoms with Gasteiger partial charge in [-0.2, -0.15) is 10.2 Å². The van der Waals surface area contributed by atoms with Gasteiger partial charge in [0.2, 0.25) is 0 Å². The quantitative estimate of drug-likeness (QED) is 0.398. The molecule has 3 heterocycles. The number of H-pyrrole nitrogens is 2. The molecular formula is C22H15F2N5S. The summed E-state index contributed by atoms with van der Waals surface area (Å²) in [5.41, 5.74) is 2.35. The van der Waals surface area contributed by atoms with Gasteiger partial charge in [0, 0.05) is 22.8 Å². The molecule has 3 aromatic heterocycles. The first-order chi connectivity index (χ1) is 14.7. The van der Waals surface area contributed by atoms with Crippen LogP contribution >= 0.6 is 11.3 Å². The average Bonchev–Trinajstić information content (AvgIpc) is 3.49. The van der Waals surface area contributed by atoms with Crippen LogP contribution in [0.3, 0.4) is 0 Å². The molecule has 30 heavy (non-hydrogen) atoms. The van der Waals surface area contributed by atoms with Gasteiger partial charge in [-0.05, 0) is 41.3 Å². The van der Waals surface area contributed by atoms with E-state index in [4.69, 9.17) is 0 Å². The van der Waals surface area contributed by atoms with Gasteiger partial charge in [0.05, 0.1) is 16.8 Å². The monoisotopic (exact) mass is 419 g/mol. The number of rotatable bonds is 5. The van der Waals surface area contributed by atoms with E-state index in [1.165, 1.54) is 18.2 Å². The Morgan fingerprint density at radius 2 is 1.83 bits per heavy atom. The van der Waals surface area contributed by atoms with Crippen LogP contribution in [0, 0.1) is 11.6 Å². The number of aromatic amines is 2. The van der Waals surface area contributed by atoms with Crippen molar-refractivity contribution in [2.75, 3.05) is 0 Å². The number of benzene rings is 2. The van der Waals surface area contributed by atoms with Gasteiger partial charge in [0.25, 0.3) is 0 Å². The third-order valence-corrected chi connectivity index (χ3v) is 5.55. The molecule has 0 saturated heterocycles. The van der Waals surface area contributed by atoms with Crippen molar-refractivity contribution >= 4 is 34.4 Å². The number of fused-ring (bicyclic) bond motifs is 1. The summed E-state index contributed by atoms with van der Waals surface area (Å²) >= 11 is 1.63. The number of thiophene rings is 1. The minimum absolute atomic E-state index is 0.289.